The SMILES string of the molecule is CC(C)(C)OC(=O)NC[C@@H]1CCOC1[C@H]1CO1. The summed E-state index contributed by atoms with van der Waals surface area (Å²) in [7, 11) is 0. The lowest BCUT2D eigenvalue weighted by atomic mass is 9.99. The second-order valence-electron chi connectivity index (χ2n) is 5.64. The van der Waals surface area contributed by atoms with Gasteiger partial charge in [0.05, 0.1) is 12.7 Å². The van der Waals surface area contributed by atoms with E-state index in [1.165, 1.54) is 0 Å². The lowest BCUT2D eigenvalue weighted by Crippen LogP contribution is -2.38. The van der Waals surface area contributed by atoms with E-state index in [2.05, 4.69) is 5.32 Å². The van der Waals surface area contributed by atoms with E-state index < -0.39 is 5.60 Å². The summed E-state index contributed by atoms with van der Waals surface area (Å²) in [6.45, 7) is 7.70. The summed E-state index contributed by atoms with van der Waals surface area (Å²) < 4.78 is 16.0. The molecule has 0 saturated carbocycles. The van der Waals surface area contributed by atoms with Gasteiger partial charge in [0.15, 0.2) is 0 Å². The minimum atomic E-state index is -0.449. The van der Waals surface area contributed by atoms with Crippen LogP contribution in [0.3, 0.4) is 0 Å². The molecule has 0 aromatic heterocycles. The molecule has 3 atom stereocenters. The number of nitrogens with one attached hydrogen (secondary N) is 1. The highest BCUT2D eigenvalue weighted by atomic mass is 16.6. The minimum absolute atomic E-state index is 0.143. The number of carbonyl (C=O) groups is 1. The van der Waals surface area contributed by atoms with Crippen LogP contribution in [-0.2, 0) is 14.2 Å². The number of ether oxygens (including phenoxy) is 3. The molecule has 2 aliphatic rings. The van der Waals surface area contributed by atoms with E-state index in [4.69, 9.17) is 14.2 Å². The third kappa shape index (κ3) is 3.85. The van der Waals surface area contributed by atoms with Gasteiger partial charge >= 0.3 is 6.09 Å². The first-order valence-corrected chi connectivity index (χ1v) is 6.16. The minimum Gasteiger partial charge on any atom is -0.444 e. The molecular formula is C12H21NO4. The molecule has 17 heavy (non-hydrogen) atoms. The molecule has 2 fully saturated rings. The maximum absolute atomic E-state index is 11.5. The highest BCUT2D eigenvalue weighted by Gasteiger charge is 2.42. The first-order valence-electron chi connectivity index (χ1n) is 6.16. The Morgan fingerprint density at radius 3 is 2.71 bits per heavy atom. The Hall–Kier alpha value is -0.810. The van der Waals surface area contributed by atoms with Crippen molar-refractivity contribution in [3.05, 3.63) is 0 Å². The second-order valence-corrected chi connectivity index (χ2v) is 5.64. The average molecular weight is 243 g/mol. The van der Waals surface area contributed by atoms with Gasteiger partial charge in [-0.2, -0.15) is 0 Å². The summed E-state index contributed by atoms with van der Waals surface area (Å²) in [5.41, 5.74) is -0.449. The van der Waals surface area contributed by atoms with Crippen molar-refractivity contribution in [3.63, 3.8) is 0 Å². The van der Waals surface area contributed by atoms with E-state index >= 15 is 0 Å². The molecule has 1 unspecified atom stereocenters. The Labute approximate surface area is 102 Å². The van der Waals surface area contributed by atoms with Crippen molar-refractivity contribution >= 4 is 6.09 Å². The van der Waals surface area contributed by atoms with Crippen LogP contribution in [0.2, 0.25) is 0 Å². The van der Waals surface area contributed by atoms with E-state index in [-0.39, 0.29) is 18.3 Å². The molecule has 1 N–H and O–H groups in total. The van der Waals surface area contributed by atoms with Gasteiger partial charge in [-0.1, -0.05) is 0 Å². The fourth-order valence-electron chi connectivity index (χ4n) is 2.06. The Morgan fingerprint density at radius 2 is 2.12 bits per heavy atom. The summed E-state index contributed by atoms with van der Waals surface area (Å²) in [6.07, 6.45) is 0.994. The van der Waals surface area contributed by atoms with Crippen LogP contribution in [0.15, 0.2) is 0 Å². The third-order valence-corrected chi connectivity index (χ3v) is 2.90. The van der Waals surface area contributed by atoms with Crippen LogP contribution in [0.5, 0.6) is 0 Å². The molecule has 0 bridgehead atoms. The van der Waals surface area contributed by atoms with Crippen molar-refractivity contribution in [1.82, 2.24) is 5.32 Å². The van der Waals surface area contributed by atoms with Gasteiger partial charge in [0.25, 0.3) is 0 Å². The zero-order valence-electron chi connectivity index (χ0n) is 10.7. The zero-order chi connectivity index (χ0) is 12.5. The molecule has 0 radical (unpaired) electrons. The molecule has 2 aliphatic heterocycles. The molecule has 1 amide bonds. The summed E-state index contributed by atoms with van der Waals surface area (Å²) in [4.78, 5) is 11.5. The molecule has 5 heteroatoms. The van der Waals surface area contributed by atoms with Crippen LogP contribution in [0.1, 0.15) is 27.2 Å². The van der Waals surface area contributed by atoms with Gasteiger partial charge in [-0.3, -0.25) is 0 Å². The molecule has 2 saturated heterocycles. The molecule has 0 aromatic rings. The number of amides is 1. The van der Waals surface area contributed by atoms with Crippen molar-refractivity contribution < 1.29 is 19.0 Å². The maximum atomic E-state index is 11.5. The Balaban J connectivity index is 1.72. The van der Waals surface area contributed by atoms with Crippen LogP contribution in [0, 0.1) is 5.92 Å². The molecule has 0 spiro atoms. The monoisotopic (exact) mass is 243 g/mol. The molecule has 5 nitrogen and oxygen atoms in total. The number of epoxide rings is 1. The number of alkyl carbamates (subject to hydrolysis) is 1. The lowest BCUT2D eigenvalue weighted by molar-refractivity contribution is 0.0467. The van der Waals surface area contributed by atoms with Crippen LogP contribution in [0.4, 0.5) is 4.79 Å². The first-order chi connectivity index (χ1) is 7.96. The summed E-state index contributed by atoms with van der Waals surface area (Å²) in [5, 5.41) is 2.80. The third-order valence-electron chi connectivity index (χ3n) is 2.90. The number of rotatable bonds is 3. The van der Waals surface area contributed by atoms with Crippen molar-refractivity contribution in [2.75, 3.05) is 19.8 Å². The predicted molar refractivity (Wildman–Crippen MR) is 61.8 cm³/mol. The van der Waals surface area contributed by atoms with Crippen molar-refractivity contribution in [2.24, 2.45) is 5.92 Å². The van der Waals surface area contributed by atoms with E-state index in [1.807, 2.05) is 20.8 Å². The van der Waals surface area contributed by atoms with Gasteiger partial charge in [0.2, 0.25) is 0 Å². The summed E-state index contributed by atoms with van der Waals surface area (Å²) in [5.74, 6) is 0.343. The smallest absolute Gasteiger partial charge is 0.407 e. The fourth-order valence-corrected chi connectivity index (χ4v) is 2.06. The maximum Gasteiger partial charge on any atom is 0.407 e. The van der Waals surface area contributed by atoms with Crippen LogP contribution in [0.25, 0.3) is 0 Å². The summed E-state index contributed by atoms with van der Waals surface area (Å²) >= 11 is 0. The first kappa shape index (κ1) is 12.6. The van der Waals surface area contributed by atoms with E-state index in [0.29, 0.717) is 12.5 Å². The quantitative estimate of drug-likeness (QED) is 0.759. The highest BCUT2D eigenvalue weighted by molar-refractivity contribution is 5.67. The topological polar surface area (TPSA) is 60.1 Å². The predicted octanol–water partition coefficient (Wildman–Crippen LogP) is 1.31. The van der Waals surface area contributed by atoms with Crippen molar-refractivity contribution in [3.8, 4) is 0 Å². The molecule has 2 rings (SSSR count). The lowest BCUT2D eigenvalue weighted by Gasteiger charge is -2.21. The molecule has 2 heterocycles. The zero-order valence-corrected chi connectivity index (χ0v) is 10.7. The summed E-state index contributed by atoms with van der Waals surface area (Å²) in [6, 6.07) is 0. The van der Waals surface area contributed by atoms with Gasteiger partial charge in [0.1, 0.15) is 11.7 Å². The normalized spacial score (nSPS) is 32.3. The van der Waals surface area contributed by atoms with Gasteiger partial charge < -0.3 is 19.5 Å². The van der Waals surface area contributed by atoms with Gasteiger partial charge in [-0.25, -0.2) is 4.79 Å². The van der Waals surface area contributed by atoms with Crippen molar-refractivity contribution in [1.29, 1.82) is 0 Å². The van der Waals surface area contributed by atoms with Crippen molar-refractivity contribution in [2.45, 2.75) is 45.0 Å². The number of hydrogen-bond donors (Lipinski definition) is 1. The number of carbonyl (C=O) groups excluding carboxylic acids is 1. The van der Waals surface area contributed by atoms with E-state index in [9.17, 15) is 4.79 Å². The van der Waals surface area contributed by atoms with E-state index in [0.717, 1.165) is 19.6 Å². The number of hydrogen-bond acceptors (Lipinski definition) is 4. The highest BCUT2D eigenvalue weighted by Crippen LogP contribution is 2.30. The van der Waals surface area contributed by atoms with E-state index in [1.54, 1.807) is 0 Å². The largest absolute Gasteiger partial charge is 0.444 e. The second kappa shape index (κ2) is 4.82. The Morgan fingerprint density at radius 1 is 1.41 bits per heavy atom. The molecule has 0 aromatic carbocycles. The Kier molecular flexibility index (Phi) is 3.58. The van der Waals surface area contributed by atoms with Crippen LogP contribution in [-0.4, -0.2) is 43.7 Å². The Bertz CT molecular complexity index is 283. The van der Waals surface area contributed by atoms with Crippen LogP contribution < -0.4 is 5.32 Å². The molecule has 0 aliphatic carbocycles. The fraction of sp³-hybridized carbons (Fsp3) is 0.917. The van der Waals surface area contributed by atoms with Gasteiger partial charge in [-0.05, 0) is 27.2 Å². The van der Waals surface area contributed by atoms with Crippen LogP contribution >= 0.6 is 0 Å². The molecule has 98 valence electrons. The van der Waals surface area contributed by atoms with Gasteiger partial charge in [0, 0.05) is 19.1 Å². The van der Waals surface area contributed by atoms with Gasteiger partial charge in [-0.15, -0.1) is 0 Å². The molecular weight excluding hydrogens is 222 g/mol. The standard InChI is InChI=1S/C12H21NO4/c1-12(2,3)17-11(14)13-6-8-4-5-15-10(8)9-7-16-9/h8-10H,4-7H2,1-3H3,(H,13,14)/t8-,9+,10?/m0/s1. The average Bonchev–Trinajstić information content (AvgIpc) is 2.92.